The number of hydrogen-bond acceptors (Lipinski definition) is 4. The number of carbonyl (C=O) groups excluding carboxylic acids is 2. The van der Waals surface area contributed by atoms with Gasteiger partial charge in [0.15, 0.2) is 0 Å². The SMILES string of the molecule is COCCNC(=O)[C@@H]1CC[C@@H](C)N(C(=O)Nc2ccc(C#N)cc2)C1. The minimum atomic E-state index is -0.230. The van der Waals surface area contributed by atoms with E-state index in [0.29, 0.717) is 30.9 Å². The zero-order chi connectivity index (χ0) is 18.2. The number of piperidine rings is 1. The van der Waals surface area contributed by atoms with Gasteiger partial charge in [-0.25, -0.2) is 4.79 Å². The van der Waals surface area contributed by atoms with E-state index in [1.54, 1.807) is 36.3 Å². The summed E-state index contributed by atoms with van der Waals surface area (Å²) in [4.78, 5) is 26.5. The van der Waals surface area contributed by atoms with Crippen molar-refractivity contribution in [1.29, 1.82) is 5.26 Å². The van der Waals surface area contributed by atoms with Crippen molar-refractivity contribution in [2.75, 3.05) is 32.1 Å². The molecule has 0 bridgehead atoms. The van der Waals surface area contributed by atoms with Gasteiger partial charge in [0.2, 0.25) is 5.91 Å². The highest BCUT2D eigenvalue weighted by atomic mass is 16.5. The zero-order valence-corrected chi connectivity index (χ0v) is 14.6. The van der Waals surface area contributed by atoms with Crippen LogP contribution >= 0.6 is 0 Å². The summed E-state index contributed by atoms with van der Waals surface area (Å²) < 4.78 is 4.93. The molecule has 0 aromatic heterocycles. The molecule has 0 spiro atoms. The van der Waals surface area contributed by atoms with Crippen molar-refractivity contribution in [3.63, 3.8) is 0 Å². The van der Waals surface area contributed by atoms with Gasteiger partial charge in [-0.15, -0.1) is 0 Å². The first-order valence-corrected chi connectivity index (χ1v) is 8.39. The number of rotatable bonds is 5. The standard InChI is InChI=1S/C18H24N4O3/c1-13-3-6-15(17(23)20-9-10-25-2)12-22(13)18(24)21-16-7-4-14(11-19)5-8-16/h4-5,7-8,13,15H,3,6,9-10,12H2,1-2H3,(H,20,23)(H,21,24)/t13-,15-/m1/s1. The van der Waals surface area contributed by atoms with Gasteiger partial charge in [-0.05, 0) is 44.0 Å². The van der Waals surface area contributed by atoms with Crippen molar-refractivity contribution in [1.82, 2.24) is 10.2 Å². The van der Waals surface area contributed by atoms with Crippen LogP contribution in [0.1, 0.15) is 25.3 Å². The Balaban J connectivity index is 1.94. The molecule has 1 aromatic carbocycles. The topological polar surface area (TPSA) is 94.5 Å². The highest BCUT2D eigenvalue weighted by molar-refractivity contribution is 5.90. The zero-order valence-electron chi connectivity index (χ0n) is 14.6. The Morgan fingerprint density at radius 1 is 1.32 bits per heavy atom. The average Bonchev–Trinajstić information content (AvgIpc) is 2.62. The Morgan fingerprint density at radius 3 is 2.68 bits per heavy atom. The number of anilines is 1. The number of carbonyl (C=O) groups is 2. The molecule has 2 rings (SSSR count). The van der Waals surface area contributed by atoms with Crippen LogP contribution in [0.3, 0.4) is 0 Å². The van der Waals surface area contributed by atoms with E-state index in [2.05, 4.69) is 10.6 Å². The first kappa shape index (κ1) is 18.7. The third-order valence-electron chi connectivity index (χ3n) is 4.38. The molecular weight excluding hydrogens is 320 g/mol. The van der Waals surface area contributed by atoms with Gasteiger partial charge in [-0.2, -0.15) is 5.26 Å². The second-order valence-electron chi connectivity index (χ2n) is 6.18. The van der Waals surface area contributed by atoms with Gasteiger partial charge in [0.05, 0.1) is 24.2 Å². The molecule has 1 heterocycles. The lowest BCUT2D eigenvalue weighted by Crippen LogP contribution is -2.51. The summed E-state index contributed by atoms with van der Waals surface area (Å²) in [5.74, 6) is -0.250. The Labute approximate surface area is 147 Å². The number of benzene rings is 1. The maximum Gasteiger partial charge on any atom is 0.322 e. The normalized spacial score (nSPS) is 19.8. The largest absolute Gasteiger partial charge is 0.383 e. The van der Waals surface area contributed by atoms with Crippen LogP contribution in [0.15, 0.2) is 24.3 Å². The number of nitrogens with zero attached hydrogens (tertiary/aromatic N) is 2. The fourth-order valence-corrected chi connectivity index (χ4v) is 2.85. The average molecular weight is 344 g/mol. The van der Waals surface area contributed by atoms with Crippen molar-refractivity contribution >= 4 is 17.6 Å². The molecule has 1 aromatic rings. The molecule has 7 nitrogen and oxygen atoms in total. The Morgan fingerprint density at radius 2 is 2.04 bits per heavy atom. The van der Waals surface area contributed by atoms with Gasteiger partial charge in [-0.3, -0.25) is 4.79 Å². The van der Waals surface area contributed by atoms with Crippen LogP contribution in [0.5, 0.6) is 0 Å². The molecule has 134 valence electrons. The lowest BCUT2D eigenvalue weighted by atomic mass is 9.93. The van der Waals surface area contributed by atoms with Crippen LogP contribution in [-0.2, 0) is 9.53 Å². The van der Waals surface area contributed by atoms with Gasteiger partial charge < -0.3 is 20.3 Å². The second-order valence-corrected chi connectivity index (χ2v) is 6.18. The molecule has 0 radical (unpaired) electrons. The minimum absolute atomic E-state index is 0.0416. The van der Waals surface area contributed by atoms with Crippen molar-refractivity contribution < 1.29 is 14.3 Å². The van der Waals surface area contributed by atoms with E-state index in [-0.39, 0.29) is 23.9 Å². The third kappa shape index (κ3) is 5.19. The predicted octanol–water partition coefficient (Wildman–Crippen LogP) is 1.95. The molecule has 1 fully saturated rings. The molecule has 2 atom stereocenters. The fraction of sp³-hybridized carbons (Fsp3) is 0.500. The van der Waals surface area contributed by atoms with Crippen molar-refractivity contribution in [3.8, 4) is 6.07 Å². The van der Waals surface area contributed by atoms with Gasteiger partial charge >= 0.3 is 6.03 Å². The third-order valence-corrected chi connectivity index (χ3v) is 4.38. The monoisotopic (exact) mass is 344 g/mol. The molecule has 3 amide bonds. The summed E-state index contributed by atoms with van der Waals surface area (Å²) in [6.07, 6.45) is 1.55. The summed E-state index contributed by atoms with van der Waals surface area (Å²) in [6.45, 7) is 3.32. The number of hydrogen-bond donors (Lipinski definition) is 2. The van der Waals surface area contributed by atoms with E-state index in [1.165, 1.54) is 0 Å². The van der Waals surface area contributed by atoms with Crippen molar-refractivity contribution in [2.24, 2.45) is 5.92 Å². The van der Waals surface area contributed by atoms with Gasteiger partial charge in [-0.1, -0.05) is 0 Å². The van der Waals surface area contributed by atoms with E-state index in [1.807, 2.05) is 13.0 Å². The molecule has 2 N–H and O–H groups in total. The lowest BCUT2D eigenvalue weighted by Gasteiger charge is -2.37. The highest BCUT2D eigenvalue weighted by Gasteiger charge is 2.32. The number of nitriles is 1. The first-order valence-electron chi connectivity index (χ1n) is 8.39. The van der Waals surface area contributed by atoms with E-state index in [4.69, 9.17) is 10.00 Å². The summed E-state index contributed by atoms with van der Waals surface area (Å²) in [5, 5.41) is 14.5. The minimum Gasteiger partial charge on any atom is -0.383 e. The molecule has 0 saturated carbocycles. The fourth-order valence-electron chi connectivity index (χ4n) is 2.85. The number of ether oxygens (including phenoxy) is 1. The smallest absolute Gasteiger partial charge is 0.322 e. The number of likely N-dealkylation sites (tertiary alicyclic amines) is 1. The summed E-state index contributed by atoms with van der Waals surface area (Å²) in [7, 11) is 1.59. The van der Waals surface area contributed by atoms with Crippen LogP contribution in [-0.4, -0.2) is 49.7 Å². The summed E-state index contributed by atoms with van der Waals surface area (Å²) >= 11 is 0. The molecule has 1 aliphatic rings. The summed E-state index contributed by atoms with van der Waals surface area (Å²) in [6, 6.07) is 8.58. The molecule has 0 unspecified atom stereocenters. The van der Waals surface area contributed by atoms with Crippen LogP contribution < -0.4 is 10.6 Å². The van der Waals surface area contributed by atoms with Gasteiger partial charge in [0.1, 0.15) is 0 Å². The number of nitrogens with one attached hydrogen (secondary N) is 2. The Hall–Kier alpha value is -2.59. The summed E-state index contributed by atoms with van der Waals surface area (Å²) in [5.41, 5.74) is 1.17. The molecule has 1 saturated heterocycles. The molecule has 1 aliphatic heterocycles. The number of urea groups is 1. The molecular formula is C18H24N4O3. The van der Waals surface area contributed by atoms with Crippen molar-refractivity contribution in [2.45, 2.75) is 25.8 Å². The highest BCUT2D eigenvalue weighted by Crippen LogP contribution is 2.23. The van der Waals surface area contributed by atoms with E-state index < -0.39 is 0 Å². The maximum atomic E-state index is 12.6. The lowest BCUT2D eigenvalue weighted by molar-refractivity contribution is -0.126. The first-order chi connectivity index (χ1) is 12.0. The van der Waals surface area contributed by atoms with Crippen molar-refractivity contribution in [3.05, 3.63) is 29.8 Å². The number of amides is 3. The van der Waals surface area contributed by atoms with E-state index >= 15 is 0 Å². The van der Waals surface area contributed by atoms with E-state index in [0.717, 1.165) is 12.8 Å². The van der Waals surface area contributed by atoms with Gasteiger partial charge in [0, 0.05) is 31.9 Å². The second kappa shape index (κ2) is 9.04. The molecule has 25 heavy (non-hydrogen) atoms. The van der Waals surface area contributed by atoms with Gasteiger partial charge in [0.25, 0.3) is 0 Å². The molecule has 0 aliphatic carbocycles. The number of methoxy groups -OCH3 is 1. The quantitative estimate of drug-likeness (QED) is 0.798. The van der Waals surface area contributed by atoms with Crippen LogP contribution in [0.4, 0.5) is 10.5 Å². The predicted molar refractivity (Wildman–Crippen MR) is 94.0 cm³/mol. The maximum absolute atomic E-state index is 12.6. The van der Waals surface area contributed by atoms with Crippen LogP contribution in [0.25, 0.3) is 0 Å². The van der Waals surface area contributed by atoms with Crippen LogP contribution in [0.2, 0.25) is 0 Å². The molecule has 7 heteroatoms. The Kier molecular flexibility index (Phi) is 6.78. The Bertz CT molecular complexity index is 639. The van der Waals surface area contributed by atoms with E-state index in [9.17, 15) is 9.59 Å². The van der Waals surface area contributed by atoms with Crippen LogP contribution in [0, 0.1) is 17.2 Å².